The van der Waals surface area contributed by atoms with E-state index in [1.807, 2.05) is 0 Å². The molecule has 1 aromatic heterocycles. The molecule has 0 fully saturated rings. The molecule has 1 heterocycles. The molecule has 0 atom stereocenters. The Bertz CT molecular complexity index is 402. The predicted octanol–water partition coefficient (Wildman–Crippen LogP) is 0.443. The summed E-state index contributed by atoms with van der Waals surface area (Å²) in [5, 5.41) is 8.93. The summed E-state index contributed by atoms with van der Waals surface area (Å²) in [7, 11) is 0. The third-order valence-electron chi connectivity index (χ3n) is 2.40. The molecule has 0 spiro atoms. The zero-order valence-electron chi connectivity index (χ0n) is 10.3. The van der Waals surface area contributed by atoms with Crippen LogP contribution < -0.4 is 16.2 Å². The molecule has 0 amide bonds. The van der Waals surface area contributed by atoms with E-state index < -0.39 is 13.0 Å². The zero-order valence-corrected chi connectivity index (χ0v) is 10.3. The Labute approximate surface area is 104 Å². The maximum absolute atomic E-state index is 12.5. The van der Waals surface area contributed by atoms with Crippen LogP contribution >= 0.6 is 0 Å². The maximum atomic E-state index is 12.5. The van der Waals surface area contributed by atoms with Crippen LogP contribution in [0.2, 0.25) is 0 Å². The first-order valence-corrected chi connectivity index (χ1v) is 5.45. The highest BCUT2D eigenvalue weighted by Crippen LogP contribution is 2.23. The topological polar surface area (TPSA) is 87.3 Å². The number of aryl methyl sites for hydroxylation is 1. The van der Waals surface area contributed by atoms with Crippen LogP contribution in [0.5, 0.6) is 0 Å². The first-order valence-electron chi connectivity index (χ1n) is 5.45. The van der Waals surface area contributed by atoms with Gasteiger partial charge in [-0.1, -0.05) is 0 Å². The average Bonchev–Trinajstić information content (AvgIpc) is 2.30. The molecule has 4 N–H and O–H groups in total. The standard InChI is InChI=1S/C10H17F2N5O/c1-6-9(16-13)14-7(2)15-10(6)17(3-4-18)5-8(11)12/h8,18H,3-5,13H2,1-2H3,(H,14,15,16). The molecule has 0 radical (unpaired) electrons. The van der Waals surface area contributed by atoms with Gasteiger partial charge in [-0.15, -0.1) is 0 Å². The summed E-state index contributed by atoms with van der Waals surface area (Å²) in [6.45, 7) is 2.66. The van der Waals surface area contributed by atoms with Gasteiger partial charge in [0.15, 0.2) is 0 Å². The van der Waals surface area contributed by atoms with Crippen molar-refractivity contribution in [2.75, 3.05) is 30.0 Å². The number of halogens is 2. The van der Waals surface area contributed by atoms with Crippen molar-refractivity contribution in [3.8, 4) is 0 Å². The van der Waals surface area contributed by atoms with Gasteiger partial charge in [-0.3, -0.25) is 0 Å². The number of nitrogen functional groups attached to an aromatic ring is 1. The molecule has 18 heavy (non-hydrogen) atoms. The Morgan fingerprint density at radius 1 is 1.39 bits per heavy atom. The lowest BCUT2D eigenvalue weighted by molar-refractivity contribution is 0.152. The lowest BCUT2D eigenvalue weighted by Gasteiger charge is -2.25. The normalized spacial score (nSPS) is 10.8. The SMILES string of the molecule is Cc1nc(NN)c(C)c(N(CCO)CC(F)F)n1. The summed E-state index contributed by atoms with van der Waals surface area (Å²) in [6, 6.07) is 0. The van der Waals surface area contributed by atoms with Gasteiger partial charge in [-0.25, -0.2) is 24.6 Å². The van der Waals surface area contributed by atoms with Crippen LogP contribution in [0.15, 0.2) is 0 Å². The number of hydrazine groups is 1. The number of anilines is 2. The molecule has 8 heteroatoms. The van der Waals surface area contributed by atoms with E-state index in [-0.39, 0.29) is 13.2 Å². The first kappa shape index (κ1) is 14.5. The van der Waals surface area contributed by atoms with Gasteiger partial charge in [0.25, 0.3) is 6.43 Å². The van der Waals surface area contributed by atoms with Gasteiger partial charge >= 0.3 is 0 Å². The third kappa shape index (κ3) is 3.47. The zero-order chi connectivity index (χ0) is 13.7. The van der Waals surface area contributed by atoms with E-state index in [4.69, 9.17) is 10.9 Å². The molecular weight excluding hydrogens is 244 g/mol. The van der Waals surface area contributed by atoms with E-state index in [1.54, 1.807) is 13.8 Å². The Balaban J connectivity index is 3.13. The molecule has 6 nitrogen and oxygen atoms in total. The summed E-state index contributed by atoms with van der Waals surface area (Å²) in [5.41, 5.74) is 2.97. The Hall–Kier alpha value is -1.54. The number of aliphatic hydroxyl groups excluding tert-OH is 1. The molecule has 0 saturated carbocycles. The molecule has 0 saturated heterocycles. The molecule has 0 aliphatic rings. The number of alkyl halides is 2. The van der Waals surface area contributed by atoms with Crippen molar-refractivity contribution in [1.82, 2.24) is 9.97 Å². The number of aromatic nitrogens is 2. The van der Waals surface area contributed by atoms with Crippen LogP contribution in [0, 0.1) is 13.8 Å². The highest BCUT2D eigenvalue weighted by atomic mass is 19.3. The van der Waals surface area contributed by atoms with E-state index in [1.165, 1.54) is 4.90 Å². The molecule has 0 bridgehead atoms. The molecule has 0 aliphatic heterocycles. The number of hydrogen-bond donors (Lipinski definition) is 3. The fourth-order valence-corrected chi connectivity index (χ4v) is 1.63. The number of hydrogen-bond acceptors (Lipinski definition) is 6. The van der Waals surface area contributed by atoms with Gasteiger partial charge in [0.05, 0.1) is 13.2 Å². The van der Waals surface area contributed by atoms with Crippen molar-refractivity contribution in [2.24, 2.45) is 5.84 Å². The van der Waals surface area contributed by atoms with Gasteiger partial charge in [-0.2, -0.15) is 0 Å². The van der Waals surface area contributed by atoms with Gasteiger partial charge in [0, 0.05) is 12.1 Å². The highest BCUT2D eigenvalue weighted by molar-refractivity contribution is 5.58. The van der Waals surface area contributed by atoms with Crippen LogP contribution in [0.1, 0.15) is 11.4 Å². The second-order valence-corrected chi connectivity index (χ2v) is 3.77. The largest absolute Gasteiger partial charge is 0.395 e. The van der Waals surface area contributed by atoms with Crippen LogP contribution in [-0.4, -0.2) is 41.2 Å². The van der Waals surface area contributed by atoms with E-state index >= 15 is 0 Å². The minimum Gasteiger partial charge on any atom is -0.395 e. The van der Waals surface area contributed by atoms with Gasteiger partial charge < -0.3 is 15.4 Å². The molecule has 0 aliphatic carbocycles. The molecule has 1 aromatic rings. The number of rotatable bonds is 6. The number of nitrogens with one attached hydrogen (secondary N) is 1. The average molecular weight is 261 g/mol. The molecule has 102 valence electrons. The number of nitrogens with two attached hydrogens (primary N) is 1. The molecule has 0 unspecified atom stereocenters. The number of aliphatic hydroxyl groups is 1. The quantitative estimate of drug-likeness (QED) is 0.509. The second kappa shape index (κ2) is 6.41. The molecule has 0 aromatic carbocycles. The van der Waals surface area contributed by atoms with Crippen LogP contribution in [0.3, 0.4) is 0 Å². The van der Waals surface area contributed by atoms with Gasteiger partial charge in [0.2, 0.25) is 0 Å². The molecule has 1 rings (SSSR count). The Morgan fingerprint density at radius 2 is 2.06 bits per heavy atom. The van der Waals surface area contributed by atoms with Crippen molar-refractivity contribution in [2.45, 2.75) is 20.3 Å². The van der Waals surface area contributed by atoms with Crippen molar-refractivity contribution < 1.29 is 13.9 Å². The van der Waals surface area contributed by atoms with Crippen molar-refractivity contribution in [1.29, 1.82) is 0 Å². The smallest absolute Gasteiger partial charge is 0.255 e. The first-order chi connectivity index (χ1) is 8.49. The van der Waals surface area contributed by atoms with Gasteiger partial charge in [-0.05, 0) is 13.8 Å². The third-order valence-corrected chi connectivity index (χ3v) is 2.40. The van der Waals surface area contributed by atoms with Crippen LogP contribution in [-0.2, 0) is 0 Å². The van der Waals surface area contributed by atoms with Crippen molar-refractivity contribution in [3.05, 3.63) is 11.4 Å². The summed E-state index contributed by atoms with van der Waals surface area (Å²) in [4.78, 5) is 9.49. The molecular formula is C10H17F2N5O. The van der Waals surface area contributed by atoms with E-state index in [0.717, 1.165) is 0 Å². The summed E-state index contributed by atoms with van der Waals surface area (Å²) in [5.74, 6) is 6.46. The van der Waals surface area contributed by atoms with Crippen molar-refractivity contribution >= 4 is 11.6 Å². The Kier molecular flexibility index (Phi) is 5.17. The number of nitrogens with zero attached hydrogens (tertiary/aromatic N) is 3. The second-order valence-electron chi connectivity index (χ2n) is 3.77. The van der Waals surface area contributed by atoms with E-state index in [2.05, 4.69) is 15.4 Å². The predicted molar refractivity (Wildman–Crippen MR) is 64.6 cm³/mol. The minimum atomic E-state index is -2.51. The maximum Gasteiger partial charge on any atom is 0.255 e. The van der Waals surface area contributed by atoms with E-state index in [0.29, 0.717) is 23.0 Å². The summed E-state index contributed by atoms with van der Waals surface area (Å²) in [6.07, 6.45) is -2.51. The lowest BCUT2D eigenvalue weighted by atomic mass is 10.2. The van der Waals surface area contributed by atoms with Crippen molar-refractivity contribution in [3.63, 3.8) is 0 Å². The van der Waals surface area contributed by atoms with Gasteiger partial charge in [0.1, 0.15) is 17.5 Å². The lowest BCUT2D eigenvalue weighted by Crippen LogP contribution is -2.33. The minimum absolute atomic E-state index is 0.0750. The Morgan fingerprint density at radius 3 is 2.56 bits per heavy atom. The van der Waals surface area contributed by atoms with Crippen LogP contribution in [0.25, 0.3) is 0 Å². The van der Waals surface area contributed by atoms with E-state index in [9.17, 15) is 8.78 Å². The van der Waals surface area contributed by atoms with Crippen LogP contribution in [0.4, 0.5) is 20.4 Å². The highest BCUT2D eigenvalue weighted by Gasteiger charge is 2.18. The fourth-order valence-electron chi connectivity index (χ4n) is 1.63. The summed E-state index contributed by atoms with van der Waals surface area (Å²) < 4.78 is 25.0. The summed E-state index contributed by atoms with van der Waals surface area (Å²) >= 11 is 0. The fraction of sp³-hybridized carbons (Fsp3) is 0.600. The monoisotopic (exact) mass is 261 g/mol.